The summed E-state index contributed by atoms with van der Waals surface area (Å²) in [6, 6.07) is 0. The van der Waals surface area contributed by atoms with E-state index < -0.39 is 0 Å². The second kappa shape index (κ2) is 8.54. The van der Waals surface area contributed by atoms with Gasteiger partial charge in [-0.05, 0) is 25.8 Å². The van der Waals surface area contributed by atoms with Crippen molar-refractivity contribution in [1.82, 2.24) is 4.90 Å². The molecule has 0 amide bonds. The highest BCUT2D eigenvalue weighted by Gasteiger charge is 2.15. The first-order valence-electron chi connectivity index (χ1n) is 5.41. The number of rotatable bonds is 0. The molecule has 0 N–H and O–H groups in total. The summed E-state index contributed by atoms with van der Waals surface area (Å²) in [6.07, 6.45) is 8.49. The lowest BCUT2D eigenvalue weighted by atomic mass is 10.3. The summed E-state index contributed by atoms with van der Waals surface area (Å²) in [5, 5.41) is 0. The zero-order valence-corrected chi connectivity index (χ0v) is 9.66. The van der Waals surface area contributed by atoms with Crippen LogP contribution in [0.25, 0.3) is 0 Å². The largest absolute Gasteiger partial charge is 0.337 e. The maximum absolute atomic E-state index is 4.14. The topological polar surface area (TPSA) is 15.6 Å². The minimum Gasteiger partial charge on any atom is -0.337 e. The van der Waals surface area contributed by atoms with Crippen molar-refractivity contribution in [1.29, 1.82) is 0 Å². The highest BCUT2D eigenvalue weighted by Crippen LogP contribution is 2.20. The van der Waals surface area contributed by atoms with E-state index >= 15 is 0 Å². The van der Waals surface area contributed by atoms with Gasteiger partial charge >= 0.3 is 0 Å². The van der Waals surface area contributed by atoms with Crippen molar-refractivity contribution in [2.75, 3.05) is 13.1 Å². The van der Waals surface area contributed by atoms with E-state index in [-0.39, 0.29) is 0 Å². The van der Waals surface area contributed by atoms with Crippen LogP contribution in [0.15, 0.2) is 29.4 Å². The zero-order chi connectivity index (χ0) is 10.8. The van der Waals surface area contributed by atoms with Gasteiger partial charge in [0.15, 0.2) is 0 Å². The molecule has 0 unspecified atom stereocenters. The van der Waals surface area contributed by atoms with Crippen LogP contribution in [0, 0.1) is 0 Å². The lowest BCUT2D eigenvalue weighted by Gasteiger charge is -2.15. The van der Waals surface area contributed by atoms with Crippen LogP contribution in [0.2, 0.25) is 0 Å². The highest BCUT2D eigenvalue weighted by molar-refractivity contribution is 5.60. The van der Waals surface area contributed by atoms with Gasteiger partial charge in [-0.15, -0.1) is 6.58 Å². The molecule has 0 saturated carbocycles. The monoisotopic (exact) mass is 194 g/mol. The van der Waals surface area contributed by atoms with Gasteiger partial charge in [0, 0.05) is 12.2 Å². The summed E-state index contributed by atoms with van der Waals surface area (Å²) in [7, 11) is 0. The van der Waals surface area contributed by atoms with E-state index in [1.807, 2.05) is 27.1 Å². The molecule has 0 aliphatic carbocycles. The van der Waals surface area contributed by atoms with Gasteiger partial charge in [0.2, 0.25) is 0 Å². The van der Waals surface area contributed by atoms with E-state index in [0.717, 1.165) is 6.54 Å². The molecule has 0 aromatic rings. The first-order valence-corrected chi connectivity index (χ1v) is 5.41. The van der Waals surface area contributed by atoms with Crippen molar-refractivity contribution in [3.63, 3.8) is 0 Å². The van der Waals surface area contributed by atoms with Crippen LogP contribution in [0.5, 0.6) is 0 Å². The molecule has 2 heterocycles. The predicted octanol–water partition coefficient (Wildman–Crippen LogP) is 3.23. The standard InChI is InChI=1S/C7H10N2.C3H6.C2H6/c1-2-7-3-4-8-6-9(7)5-1;1-3-2;1-2/h3,6H,1-2,4-5H2;3H,1H2,2H3;1-2H3. The van der Waals surface area contributed by atoms with E-state index in [2.05, 4.69) is 22.5 Å². The molecular formula is C12H22N2. The van der Waals surface area contributed by atoms with Crippen LogP contribution in [0.3, 0.4) is 0 Å². The van der Waals surface area contributed by atoms with Crippen LogP contribution in [-0.4, -0.2) is 24.3 Å². The van der Waals surface area contributed by atoms with Gasteiger partial charge in [-0.25, -0.2) is 0 Å². The van der Waals surface area contributed by atoms with Crippen LogP contribution < -0.4 is 0 Å². The van der Waals surface area contributed by atoms with E-state index in [9.17, 15) is 0 Å². The van der Waals surface area contributed by atoms with Crippen molar-refractivity contribution < 1.29 is 0 Å². The lowest BCUT2D eigenvalue weighted by Crippen LogP contribution is -2.18. The number of aliphatic imine (C=N–C) groups is 1. The molecule has 2 heteroatoms. The number of fused-ring (bicyclic) bond motifs is 1. The second-order valence-corrected chi connectivity index (χ2v) is 2.88. The van der Waals surface area contributed by atoms with Crippen molar-refractivity contribution in [3.8, 4) is 0 Å². The fourth-order valence-electron chi connectivity index (χ4n) is 1.37. The van der Waals surface area contributed by atoms with Crippen molar-refractivity contribution >= 4 is 6.34 Å². The Hall–Kier alpha value is -1.05. The highest BCUT2D eigenvalue weighted by atomic mass is 15.2. The number of nitrogens with zero attached hydrogens (tertiary/aromatic N) is 2. The minimum absolute atomic E-state index is 0.895. The Balaban J connectivity index is 0.000000294. The third-order valence-corrected chi connectivity index (χ3v) is 1.85. The Morgan fingerprint density at radius 3 is 2.71 bits per heavy atom. The molecule has 2 rings (SSSR count). The Morgan fingerprint density at radius 2 is 2.14 bits per heavy atom. The Morgan fingerprint density at radius 1 is 1.50 bits per heavy atom. The van der Waals surface area contributed by atoms with Gasteiger partial charge in [-0.2, -0.15) is 0 Å². The van der Waals surface area contributed by atoms with Gasteiger partial charge in [-0.1, -0.05) is 19.9 Å². The van der Waals surface area contributed by atoms with Crippen LogP contribution >= 0.6 is 0 Å². The SMILES string of the molecule is C1=NCC=C2CCCN12.C=CC.CC. The summed E-state index contributed by atoms with van der Waals surface area (Å²) >= 11 is 0. The number of allylic oxidation sites excluding steroid dienone is 2. The summed E-state index contributed by atoms with van der Waals surface area (Å²) in [5.41, 5.74) is 1.48. The molecule has 0 bridgehead atoms. The molecule has 1 saturated heterocycles. The van der Waals surface area contributed by atoms with Crippen molar-refractivity contribution in [3.05, 3.63) is 24.4 Å². The second-order valence-electron chi connectivity index (χ2n) is 2.88. The maximum atomic E-state index is 4.14. The lowest BCUT2D eigenvalue weighted by molar-refractivity contribution is 0.593. The smallest absolute Gasteiger partial charge is 0.0895 e. The number of hydrogen-bond acceptors (Lipinski definition) is 2. The summed E-state index contributed by atoms with van der Waals surface area (Å²) in [4.78, 5) is 6.38. The van der Waals surface area contributed by atoms with E-state index in [1.165, 1.54) is 25.1 Å². The molecule has 0 radical (unpaired) electrons. The molecule has 80 valence electrons. The quantitative estimate of drug-likeness (QED) is 0.541. The molecule has 1 fully saturated rings. The van der Waals surface area contributed by atoms with Gasteiger partial charge < -0.3 is 4.90 Å². The third-order valence-electron chi connectivity index (χ3n) is 1.85. The normalized spacial score (nSPS) is 16.8. The van der Waals surface area contributed by atoms with E-state index in [0.29, 0.717) is 0 Å². The Bertz CT molecular complexity index is 204. The Labute approximate surface area is 88.0 Å². The minimum atomic E-state index is 0.895. The fourth-order valence-corrected chi connectivity index (χ4v) is 1.37. The molecule has 2 aliphatic heterocycles. The average Bonchev–Trinajstić information content (AvgIpc) is 2.69. The third kappa shape index (κ3) is 4.26. The van der Waals surface area contributed by atoms with Crippen molar-refractivity contribution in [2.24, 2.45) is 4.99 Å². The first-order chi connectivity index (χ1) is 6.88. The molecule has 14 heavy (non-hydrogen) atoms. The van der Waals surface area contributed by atoms with Crippen molar-refractivity contribution in [2.45, 2.75) is 33.6 Å². The molecule has 0 atom stereocenters. The zero-order valence-electron chi connectivity index (χ0n) is 9.66. The molecule has 0 aromatic carbocycles. The Kier molecular flexibility index (Phi) is 7.90. The molecule has 2 aliphatic rings. The summed E-state index contributed by atoms with van der Waals surface area (Å²) < 4.78 is 0. The molecular weight excluding hydrogens is 172 g/mol. The predicted molar refractivity (Wildman–Crippen MR) is 64.6 cm³/mol. The first kappa shape index (κ1) is 12.9. The van der Waals surface area contributed by atoms with Crippen LogP contribution in [-0.2, 0) is 0 Å². The summed E-state index contributed by atoms with van der Waals surface area (Å²) in [5.74, 6) is 0. The van der Waals surface area contributed by atoms with E-state index in [4.69, 9.17) is 0 Å². The van der Waals surface area contributed by atoms with Gasteiger partial charge in [0.25, 0.3) is 0 Å². The molecule has 2 nitrogen and oxygen atoms in total. The maximum Gasteiger partial charge on any atom is 0.0895 e. The van der Waals surface area contributed by atoms with Crippen LogP contribution in [0.4, 0.5) is 0 Å². The van der Waals surface area contributed by atoms with Crippen LogP contribution in [0.1, 0.15) is 33.6 Å². The average molecular weight is 194 g/mol. The fraction of sp³-hybridized carbons (Fsp3) is 0.583. The molecule has 0 aromatic heterocycles. The molecule has 0 spiro atoms. The van der Waals surface area contributed by atoms with Gasteiger partial charge in [0.1, 0.15) is 0 Å². The summed E-state index contributed by atoms with van der Waals surface area (Å²) in [6.45, 7) is 11.3. The van der Waals surface area contributed by atoms with Gasteiger partial charge in [-0.3, -0.25) is 4.99 Å². The van der Waals surface area contributed by atoms with E-state index in [1.54, 1.807) is 6.08 Å². The number of hydrogen-bond donors (Lipinski definition) is 0. The van der Waals surface area contributed by atoms with Gasteiger partial charge in [0.05, 0.1) is 12.9 Å².